The summed E-state index contributed by atoms with van der Waals surface area (Å²) < 4.78 is 5.90. The van der Waals surface area contributed by atoms with Gasteiger partial charge in [0.05, 0.1) is 0 Å². The Kier molecular flexibility index (Phi) is 5.43. The maximum Gasteiger partial charge on any atom is 0.253 e. The quantitative estimate of drug-likeness (QED) is 0.616. The number of carbonyl (C=O) groups excluding carboxylic acids is 1. The summed E-state index contributed by atoms with van der Waals surface area (Å²) >= 11 is 11.8. The molecular weight excluding hydrogens is 411 g/mol. The van der Waals surface area contributed by atoms with E-state index in [1.54, 1.807) is 53.4 Å². The summed E-state index contributed by atoms with van der Waals surface area (Å²) in [6.45, 7) is 2.12. The van der Waals surface area contributed by atoms with Crippen LogP contribution in [0.25, 0.3) is 11.5 Å². The van der Waals surface area contributed by atoms with E-state index in [0.29, 0.717) is 53.6 Å². The number of nitriles is 1. The zero-order chi connectivity index (χ0) is 20.4. The molecule has 6 nitrogen and oxygen atoms in total. The van der Waals surface area contributed by atoms with E-state index < -0.39 is 0 Å². The van der Waals surface area contributed by atoms with Crippen molar-refractivity contribution in [1.29, 1.82) is 5.26 Å². The number of halogens is 2. The van der Waals surface area contributed by atoms with Crippen molar-refractivity contribution in [3.63, 3.8) is 0 Å². The average molecular weight is 427 g/mol. The highest BCUT2D eigenvalue weighted by atomic mass is 35.5. The second-order valence-corrected chi connectivity index (χ2v) is 7.45. The van der Waals surface area contributed by atoms with Gasteiger partial charge in [-0.2, -0.15) is 10.2 Å². The van der Waals surface area contributed by atoms with Crippen LogP contribution in [0.15, 0.2) is 52.9 Å². The molecule has 2 heterocycles. The van der Waals surface area contributed by atoms with Crippen molar-refractivity contribution >= 4 is 35.0 Å². The van der Waals surface area contributed by atoms with Gasteiger partial charge in [0.15, 0.2) is 0 Å². The van der Waals surface area contributed by atoms with E-state index in [1.165, 1.54) is 0 Å². The molecule has 1 aliphatic heterocycles. The van der Waals surface area contributed by atoms with Crippen molar-refractivity contribution < 1.29 is 9.21 Å². The summed E-state index contributed by atoms with van der Waals surface area (Å²) in [6, 6.07) is 16.0. The number of nitrogens with zero attached hydrogens (tertiary/aromatic N) is 4. The van der Waals surface area contributed by atoms with Crippen LogP contribution in [-0.4, -0.2) is 42.0 Å². The van der Waals surface area contributed by atoms with Crippen LogP contribution >= 0.6 is 23.2 Å². The van der Waals surface area contributed by atoms with Crippen LogP contribution in [0.1, 0.15) is 16.1 Å². The van der Waals surface area contributed by atoms with Gasteiger partial charge in [0.25, 0.3) is 5.91 Å². The summed E-state index contributed by atoms with van der Waals surface area (Å²) in [5.41, 5.74) is 1.58. The first kappa shape index (κ1) is 19.3. The molecule has 8 heteroatoms. The van der Waals surface area contributed by atoms with Gasteiger partial charge in [-0.25, -0.2) is 0 Å². The lowest BCUT2D eigenvalue weighted by molar-refractivity contribution is 0.0745. The number of piperazine rings is 1. The highest BCUT2D eigenvalue weighted by Crippen LogP contribution is 2.29. The van der Waals surface area contributed by atoms with Crippen molar-refractivity contribution in [3.8, 4) is 17.5 Å². The summed E-state index contributed by atoms with van der Waals surface area (Å²) in [6.07, 6.45) is 0. The van der Waals surface area contributed by atoms with Gasteiger partial charge in [-0.05, 0) is 48.5 Å². The minimum Gasteiger partial charge on any atom is -0.419 e. The molecule has 4 rings (SSSR count). The van der Waals surface area contributed by atoms with Gasteiger partial charge < -0.3 is 14.2 Å². The zero-order valence-electron chi connectivity index (χ0n) is 15.3. The highest BCUT2D eigenvalue weighted by Gasteiger charge is 2.27. The number of oxazole rings is 1. The van der Waals surface area contributed by atoms with Crippen LogP contribution in [0.4, 0.5) is 5.88 Å². The molecule has 0 N–H and O–H groups in total. The van der Waals surface area contributed by atoms with Gasteiger partial charge in [-0.1, -0.05) is 23.2 Å². The third-order valence-electron chi connectivity index (χ3n) is 4.75. The minimum absolute atomic E-state index is 0.0405. The van der Waals surface area contributed by atoms with Crippen LogP contribution in [0.5, 0.6) is 0 Å². The Labute approximate surface area is 177 Å². The van der Waals surface area contributed by atoms with Gasteiger partial charge in [-0.3, -0.25) is 4.79 Å². The predicted octanol–water partition coefficient (Wildman–Crippen LogP) is 4.48. The third-order valence-corrected chi connectivity index (χ3v) is 5.26. The highest BCUT2D eigenvalue weighted by molar-refractivity contribution is 6.30. The van der Waals surface area contributed by atoms with Crippen LogP contribution in [-0.2, 0) is 0 Å². The fourth-order valence-corrected chi connectivity index (χ4v) is 3.45. The Balaban J connectivity index is 1.48. The Hall–Kier alpha value is -3.01. The Morgan fingerprint density at radius 1 is 0.966 bits per heavy atom. The third kappa shape index (κ3) is 4.07. The van der Waals surface area contributed by atoms with Crippen molar-refractivity contribution in [2.75, 3.05) is 31.1 Å². The number of hydrogen-bond donors (Lipinski definition) is 0. The van der Waals surface area contributed by atoms with E-state index in [2.05, 4.69) is 11.1 Å². The Morgan fingerprint density at radius 2 is 1.55 bits per heavy atom. The SMILES string of the molecule is N#Cc1nc(-c2ccc(Cl)cc2)oc1N1CCN(C(=O)c2ccc(Cl)cc2)CC1. The van der Waals surface area contributed by atoms with E-state index in [4.69, 9.17) is 27.6 Å². The molecule has 2 aromatic carbocycles. The Morgan fingerprint density at radius 3 is 2.14 bits per heavy atom. The fourth-order valence-electron chi connectivity index (χ4n) is 3.20. The van der Waals surface area contributed by atoms with E-state index in [1.807, 2.05) is 4.90 Å². The van der Waals surface area contributed by atoms with Gasteiger partial charge in [-0.15, -0.1) is 0 Å². The van der Waals surface area contributed by atoms with E-state index >= 15 is 0 Å². The van der Waals surface area contributed by atoms with Crippen LogP contribution in [0.2, 0.25) is 10.0 Å². The van der Waals surface area contributed by atoms with Gasteiger partial charge in [0.2, 0.25) is 17.5 Å². The van der Waals surface area contributed by atoms with Crippen molar-refractivity contribution in [2.24, 2.45) is 0 Å². The molecule has 0 spiro atoms. The van der Waals surface area contributed by atoms with Crippen LogP contribution in [0.3, 0.4) is 0 Å². The molecule has 1 aromatic heterocycles. The van der Waals surface area contributed by atoms with Gasteiger partial charge >= 0.3 is 0 Å². The number of carbonyl (C=O) groups is 1. The smallest absolute Gasteiger partial charge is 0.253 e. The minimum atomic E-state index is -0.0405. The molecule has 1 aliphatic rings. The summed E-state index contributed by atoms with van der Waals surface area (Å²) in [5.74, 6) is 0.755. The lowest BCUT2D eigenvalue weighted by Gasteiger charge is -2.34. The largest absolute Gasteiger partial charge is 0.419 e. The molecule has 0 bridgehead atoms. The molecule has 146 valence electrons. The molecule has 0 saturated carbocycles. The molecule has 1 saturated heterocycles. The topological polar surface area (TPSA) is 73.4 Å². The number of hydrogen-bond acceptors (Lipinski definition) is 5. The summed E-state index contributed by atoms with van der Waals surface area (Å²) in [4.78, 5) is 20.7. The predicted molar refractivity (Wildman–Crippen MR) is 111 cm³/mol. The standard InChI is InChI=1S/C21H16Cl2N4O2/c22-16-5-1-14(2-6-16)19-25-18(13-24)21(29-19)27-11-9-26(10-12-27)20(28)15-3-7-17(23)8-4-15/h1-8H,9-12H2. The number of benzene rings is 2. The van der Waals surface area contributed by atoms with Gasteiger partial charge in [0, 0.05) is 47.4 Å². The average Bonchev–Trinajstić information content (AvgIpc) is 3.19. The van der Waals surface area contributed by atoms with E-state index in [0.717, 1.165) is 5.56 Å². The normalized spacial score (nSPS) is 14.0. The molecule has 1 fully saturated rings. The maximum absolute atomic E-state index is 12.7. The summed E-state index contributed by atoms with van der Waals surface area (Å²) in [7, 11) is 0. The molecule has 29 heavy (non-hydrogen) atoms. The molecule has 0 aliphatic carbocycles. The number of rotatable bonds is 3. The Bertz CT molecular complexity index is 1060. The monoisotopic (exact) mass is 426 g/mol. The fraction of sp³-hybridized carbons (Fsp3) is 0.190. The first-order valence-corrected chi connectivity index (χ1v) is 9.77. The first-order chi connectivity index (χ1) is 14.0. The molecule has 1 amide bonds. The maximum atomic E-state index is 12.7. The number of amides is 1. The molecule has 3 aromatic rings. The lowest BCUT2D eigenvalue weighted by atomic mass is 10.2. The second-order valence-electron chi connectivity index (χ2n) is 6.58. The lowest BCUT2D eigenvalue weighted by Crippen LogP contribution is -2.48. The van der Waals surface area contributed by atoms with E-state index in [-0.39, 0.29) is 11.6 Å². The van der Waals surface area contributed by atoms with Gasteiger partial charge in [0.1, 0.15) is 6.07 Å². The number of aromatic nitrogens is 1. The molecule has 0 atom stereocenters. The second kappa shape index (κ2) is 8.16. The van der Waals surface area contributed by atoms with Crippen molar-refractivity contribution in [2.45, 2.75) is 0 Å². The first-order valence-electron chi connectivity index (χ1n) is 9.02. The van der Waals surface area contributed by atoms with Crippen LogP contribution in [0, 0.1) is 11.3 Å². The van der Waals surface area contributed by atoms with Crippen LogP contribution < -0.4 is 4.90 Å². The molecule has 0 radical (unpaired) electrons. The molecule has 0 unspecified atom stereocenters. The zero-order valence-corrected chi connectivity index (χ0v) is 16.8. The number of anilines is 1. The molecular formula is C21H16Cl2N4O2. The van der Waals surface area contributed by atoms with Crippen molar-refractivity contribution in [3.05, 3.63) is 69.8 Å². The van der Waals surface area contributed by atoms with E-state index in [9.17, 15) is 10.1 Å². The van der Waals surface area contributed by atoms with Crippen molar-refractivity contribution in [1.82, 2.24) is 9.88 Å². The summed E-state index contributed by atoms with van der Waals surface area (Å²) in [5, 5.41) is 10.7.